The summed E-state index contributed by atoms with van der Waals surface area (Å²) in [5.74, 6) is -2.98. The van der Waals surface area contributed by atoms with E-state index < -0.39 is 38.2 Å². The molecule has 0 unspecified atom stereocenters. The molecular weight excluding hydrogens is 426 g/mol. The molecular formula is C19H19ClF2N2O4S. The highest BCUT2D eigenvalue weighted by Crippen LogP contribution is 2.25. The maximum atomic E-state index is 14.0. The van der Waals surface area contributed by atoms with E-state index in [0.29, 0.717) is 0 Å². The molecule has 2 aromatic carbocycles. The van der Waals surface area contributed by atoms with E-state index in [-0.39, 0.29) is 35.9 Å². The van der Waals surface area contributed by atoms with Crippen LogP contribution in [0.4, 0.5) is 14.5 Å². The first kappa shape index (κ1) is 21.6. The summed E-state index contributed by atoms with van der Waals surface area (Å²) >= 11 is 5.48. The van der Waals surface area contributed by atoms with Gasteiger partial charge in [0.2, 0.25) is 10.0 Å². The molecule has 29 heavy (non-hydrogen) atoms. The molecule has 0 radical (unpaired) electrons. The smallest absolute Gasteiger partial charge is 0.258 e. The van der Waals surface area contributed by atoms with Gasteiger partial charge < -0.3 is 10.1 Å². The van der Waals surface area contributed by atoms with Crippen LogP contribution in [0, 0.1) is 11.6 Å². The zero-order chi connectivity index (χ0) is 21.3. The Morgan fingerprint density at radius 2 is 1.69 bits per heavy atom. The summed E-state index contributed by atoms with van der Waals surface area (Å²) in [6.45, 7) is 4.10. The molecule has 2 aromatic rings. The van der Waals surface area contributed by atoms with Gasteiger partial charge in [0.25, 0.3) is 5.91 Å². The number of morpholine rings is 1. The van der Waals surface area contributed by atoms with Crippen molar-refractivity contribution in [1.82, 2.24) is 4.31 Å². The standard InChI is InChI=1S/C19H19ClF2N2O4S/c1-11-9-24(10-12(2)28-11)29(26,27)14-5-3-13(4-6-14)23-19(25)15-7-8-16(21)17(20)18(15)22/h3-8,11-12H,9-10H2,1-2H3,(H,23,25)/t11-,12-/m1/s1. The summed E-state index contributed by atoms with van der Waals surface area (Å²) in [6, 6.07) is 7.35. The minimum Gasteiger partial charge on any atom is -0.373 e. The monoisotopic (exact) mass is 444 g/mol. The zero-order valence-electron chi connectivity index (χ0n) is 15.7. The van der Waals surface area contributed by atoms with E-state index in [4.69, 9.17) is 16.3 Å². The Morgan fingerprint density at radius 1 is 1.10 bits per heavy atom. The number of amides is 1. The summed E-state index contributed by atoms with van der Waals surface area (Å²) in [4.78, 5) is 12.3. The number of hydrogen-bond donors (Lipinski definition) is 1. The topological polar surface area (TPSA) is 75.7 Å². The lowest BCUT2D eigenvalue weighted by Crippen LogP contribution is -2.48. The van der Waals surface area contributed by atoms with Gasteiger partial charge in [0.1, 0.15) is 10.8 Å². The number of ether oxygens (including phenoxy) is 1. The third-order valence-corrected chi connectivity index (χ3v) is 6.61. The van der Waals surface area contributed by atoms with E-state index in [2.05, 4.69) is 5.32 Å². The number of hydrogen-bond acceptors (Lipinski definition) is 4. The minimum atomic E-state index is -3.72. The second kappa shape index (κ2) is 8.35. The Kier molecular flexibility index (Phi) is 6.23. The van der Waals surface area contributed by atoms with Crippen LogP contribution in [0.3, 0.4) is 0 Å². The van der Waals surface area contributed by atoms with Crippen LogP contribution in [-0.4, -0.2) is 43.9 Å². The molecule has 3 rings (SSSR count). The van der Waals surface area contributed by atoms with Gasteiger partial charge in [-0.05, 0) is 50.2 Å². The van der Waals surface area contributed by atoms with E-state index >= 15 is 0 Å². The molecule has 2 atom stereocenters. The Morgan fingerprint density at radius 3 is 2.28 bits per heavy atom. The molecule has 156 valence electrons. The van der Waals surface area contributed by atoms with Gasteiger partial charge in [0.05, 0.1) is 22.7 Å². The predicted molar refractivity (Wildman–Crippen MR) is 105 cm³/mol. The van der Waals surface area contributed by atoms with Crippen molar-refractivity contribution < 1.29 is 26.7 Å². The Hall–Kier alpha value is -2.07. The van der Waals surface area contributed by atoms with Gasteiger partial charge in [-0.1, -0.05) is 11.6 Å². The fraction of sp³-hybridized carbons (Fsp3) is 0.316. The minimum absolute atomic E-state index is 0.0628. The fourth-order valence-electron chi connectivity index (χ4n) is 3.09. The summed E-state index contributed by atoms with van der Waals surface area (Å²) < 4.78 is 59.8. The van der Waals surface area contributed by atoms with E-state index in [1.807, 2.05) is 0 Å². The second-order valence-corrected chi connectivity index (χ2v) is 9.10. The Labute approximate surface area is 172 Å². The van der Waals surface area contributed by atoms with Crippen LogP contribution in [0.25, 0.3) is 0 Å². The predicted octanol–water partition coefficient (Wildman–Crippen LogP) is 3.67. The lowest BCUT2D eigenvalue weighted by Gasteiger charge is -2.34. The van der Waals surface area contributed by atoms with Crippen LogP contribution in [0.5, 0.6) is 0 Å². The molecule has 10 heteroatoms. The van der Waals surface area contributed by atoms with Crippen molar-refractivity contribution in [3.63, 3.8) is 0 Å². The van der Waals surface area contributed by atoms with Crippen molar-refractivity contribution in [2.24, 2.45) is 0 Å². The first-order valence-electron chi connectivity index (χ1n) is 8.80. The first-order chi connectivity index (χ1) is 13.6. The number of nitrogens with one attached hydrogen (secondary N) is 1. The molecule has 1 saturated heterocycles. The summed E-state index contributed by atoms with van der Waals surface area (Å²) in [7, 11) is -3.72. The average molecular weight is 445 g/mol. The molecule has 0 spiro atoms. The Bertz CT molecular complexity index is 1020. The fourth-order valence-corrected chi connectivity index (χ4v) is 4.84. The van der Waals surface area contributed by atoms with Gasteiger partial charge in [0.15, 0.2) is 5.82 Å². The quantitative estimate of drug-likeness (QED) is 0.730. The van der Waals surface area contributed by atoms with E-state index in [1.165, 1.54) is 28.6 Å². The number of sulfonamides is 1. The molecule has 1 aliphatic heterocycles. The van der Waals surface area contributed by atoms with Crippen molar-refractivity contribution >= 4 is 33.2 Å². The maximum Gasteiger partial charge on any atom is 0.258 e. The molecule has 1 amide bonds. The molecule has 0 saturated carbocycles. The number of rotatable bonds is 4. The summed E-state index contributed by atoms with van der Waals surface area (Å²) in [5.41, 5.74) is -0.179. The van der Waals surface area contributed by atoms with Crippen LogP contribution in [0.1, 0.15) is 24.2 Å². The molecule has 1 heterocycles. The lowest BCUT2D eigenvalue weighted by atomic mass is 10.2. The third-order valence-electron chi connectivity index (χ3n) is 4.42. The van der Waals surface area contributed by atoms with Crippen molar-refractivity contribution in [2.75, 3.05) is 18.4 Å². The van der Waals surface area contributed by atoms with Crippen molar-refractivity contribution in [3.8, 4) is 0 Å². The van der Waals surface area contributed by atoms with Crippen LogP contribution >= 0.6 is 11.6 Å². The highest BCUT2D eigenvalue weighted by Gasteiger charge is 2.32. The first-order valence-corrected chi connectivity index (χ1v) is 10.6. The van der Waals surface area contributed by atoms with Crippen LogP contribution in [-0.2, 0) is 14.8 Å². The molecule has 1 aliphatic rings. The van der Waals surface area contributed by atoms with Crippen molar-refractivity contribution in [1.29, 1.82) is 0 Å². The van der Waals surface area contributed by atoms with Gasteiger partial charge in [-0.25, -0.2) is 17.2 Å². The number of anilines is 1. The number of halogens is 3. The van der Waals surface area contributed by atoms with E-state index in [0.717, 1.165) is 12.1 Å². The van der Waals surface area contributed by atoms with E-state index in [1.54, 1.807) is 13.8 Å². The van der Waals surface area contributed by atoms with Gasteiger partial charge >= 0.3 is 0 Å². The zero-order valence-corrected chi connectivity index (χ0v) is 17.2. The maximum absolute atomic E-state index is 14.0. The van der Waals surface area contributed by atoms with Crippen molar-refractivity contribution in [2.45, 2.75) is 31.0 Å². The molecule has 0 aromatic heterocycles. The molecule has 6 nitrogen and oxygen atoms in total. The number of nitrogens with zero attached hydrogens (tertiary/aromatic N) is 1. The largest absolute Gasteiger partial charge is 0.373 e. The molecule has 0 bridgehead atoms. The number of benzene rings is 2. The normalized spacial score (nSPS) is 20.4. The summed E-state index contributed by atoms with van der Waals surface area (Å²) in [5, 5.41) is 1.66. The van der Waals surface area contributed by atoms with Crippen LogP contribution < -0.4 is 5.32 Å². The average Bonchev–Trinajstić information content (AvgIpc) is 2.66. The van der Waals surface area contributed by atoms with Crippen LogP contribution in [0.15, 0.2) is 41.3 Å². The van der Waals surface area contributed by atoms with Gasteiger partial charge in [-0.15, -0.1) is 0 Å². The summed E-state index contributed by atoms with van der Waals surface area (Å²) in [6.07, 6.45) is -0.436. The second-order valence-electron chi connectivity index (χ2n) is 6.78. The lowest BCUT2D eigenvalue weighted by molar-refractivity contribution is -0.0440. The molecule has 0 aliphatic carbocycles. The highest BCUT2D eigenvalue weighted by atomic mass is 35.5. The van der Waals surface area contributed by atoms with Crippen molar-refractivity contribution in [3.05, 3.63) is 58.6 Å². The van der Waals surface area contributed by atoms with Gasteiger partial charge in [-0.3, -0.25) is 4.79 Å². The number of carbonyl (C=O) groups excluding carboxylic acids is 1. The third kappa shape index (κ3) is 4.58. The van der Waals surface area contributed by atoms with Gasteiger partial charge in [-0.2, -0.15) is 4.31 Å². The Balaban J connectivity index is 1.76. The molecule has 1 N–H and O–H groups in total. The van der Waals surface area contributed by atoms with Crippen LogP contribution in [0.2, 0.25) is 5.02 Å². The van der Waals surface area contributed by atoms with E-state index in [9.17, 15) is 22.0 Å². The molecule has 1 fully saturated rings. The van der Waals surface area contributed by atoms with Gasteiger partial charge in [0, 0.05) is 18.8 Å². The highest BCUT2D eigenvalue weighted by molar-refractivity contribution is 7.89. The SMILES string of the molecule is C[C@@H]1CN(S(=O)(=O)c2ccc(NC(=O)c3ccc(F)c(Cl)c3F)cc2)C[C@@H](C)O1. The number of carbonyl (C=O) groups is 1.